The molecule has 9 nitrogen and oxygen atoms in total. The maximum Gasteiger partial charge on any atom is 0.489 e. The van der Waals surface area contributed by atoms with E-state index in [0.717, 1.165) is 29.5 Å². The first-order valence-electron chi connectivity index (χ1n) is 15.0. The molecule has 0 atom stereocenters. The molecule has 0 spiro atoms. The number of nitrogens with zero attached hydrogens (tertiary/aromatic N) is 1. The normalized spacial score (nSPS) is 13.4. The number of carbonyl (C=O) groups is 1. The first-order valence-corrected chi connectivity index (χ1v) is 16.9. The molecule has 4 aromatic carbocycles. The lowest BCUT2D eigenvalue weighted by molar-refractivity contribution is -0.136. The van der Waals surface area contributed by atoms with Gasteiger partial charge >= 0.3 is 13.3 Å². The van der Waals surface area contributed by atoms with Gasteiger partial charge in [-0.05, 0) is 96.0 Å². The smallest absolute Gasteiger partial charge is 0.457 e. The highest BCUT2D eigenvalue weighted by atomic mass is 32.2. The van der Waals surface area contributed by atoms with Crippen molar-refractivity contribution in [1.82, 2.24) is 5.32 Å². The molecular weight excluding hydrogens is 667 g/mol. The molecule has 3 N–H and O–H groups in total. The summed E-state index contributed by atoms with van der Waals surface area (Å²) in [5.41, 5.74) is -0.464. The van der Waals surface area contributed by atoms with E-state index in [1.165, 1.54) is 43.4 Å². The van der Waals surface area contributed by atoms with Gasteiger partial charge in [0.2, 0.25) is 10.0 Å². The molecule has 0 bridgehead atoms. The topological polar surface area (TPSA) is 129 Å². The van der Waals surface area contributed by atoms with E-state index in [9.17, 15) is 40.8 Å². The standard InChI is InChI=1S/C34H29BF4N2O7S/c1-40-33(42)31-26-16-25(20-4-5-20)29(41(49(2,45)46)18-19-3-14-28(35(43)44)27(15-19)34(37,38)39)17-30(26)48-32(31)21-6-10-23(11-7-21)47-24-12-8-22(36)9-13-24/h3,6-17,20,43-44H,4-5,18H2,1-2H3,(H,40,42). The molecule has 1 saturated carbocycles. The number of ether oxygens (including phenoxy) is 1. The van der Waals surface area contributed by atoms with Crippen LogP contribution in [0.3, 0.4) is 0 Å². The second-order valence-electron chi connectivity index (χ2n) is 11.7. The minimum atomic E-state index is -4.94. The Hall–Kier alpha value is -4.86. The van der Waals surface area contributed by atoms with Gasteiger partial charge in [-0.15, -0.1) is 0 Å². The van der Waals surface area contributed by atoms with Gasteiger partial charge in [0.1, 0.15) is 28.7 Å². The van der Waals surface area contributed by atoms with Crippen LogP contribution < -0.4 is 19.8 Å². The molecular formula is C34H29BF4N2O7S. The number of alkyl halides is 3. The summed E-state index contributed by atoms with van der Waals surface area (Å²) >= 11 is 0. The van der Waals surface area contributed by atoms with E-state index in [1.807, 2.05) is 0 Å². The number of nitrogens with one attached hydrogen (secondary N) is 1. The number of furan rings is 1. The van der Waals surface area contributed by atoms with Crippen molar-refractivity contribution in [2.24, 2.45) is 0 Å². The van der Waals surface area contributed by atoms with Crippen LogP contribution in [0.5, 0.6) is 11.5 Å². The quantitative estimate of drug-likeness (QED) is 0.122. The molecule has 5 aromatic rings. The summed E-state index contributed by atoms with van der Waals surface area (Å²) in [6.07, 6.45) is -2.54. The SMILES string of the molecule is CNC(=O)c1c(-c2ccc(Oc3ccc(F)cc3)cc2)oc2cc(N(Cc3ccc(B(O)O)c(C(F)(F)F)c3)S(C)(=O)=O)c(C3CC3)cc12. The molecule has 1 aliphatic carbocycles. The van der Waals surface area contributed by atoms with Crippen LogP contribution in [0.2, 0.25) is 0 Å². The third-order valence-corrected chi connectivity index (χ3v) is 9.30. The van der Waals surface area contributed by atoms with Crippen molar-refractivity contribution in [2.75, 3.05) is 17.6 Å². The van der Waals surface area contributed by atoms with Crippen LogP contribution in [-0.2, 0) is 22.7 Å². The fraction of sp³-hybridized carbons (Fsp3) is 0.206. The first kappa shape index (κ1) is 34.0. The average molecular weight is 696 g/mol. The predicted molar refractivity (Wildman–Crippen MR) is 176 cm³/mol. The Bertz CT molecular complexity index is 2150. The van der Waals surface area contributed by atoms with Crippen LogP contribution in [0.25, 0.3) is 22.3 Å². The highest BCUT2D eigenvalue weighted by Crippen LogP contribution is 2.48. The number of benzene rings is 4. The van der Waals surface area contributed by atoms with E-state index in [2.05, 4.69) is 5.32 Å². The van der Waals surface area contributed by atoms with Crippen molar-refractivity contribution in [3.8, 4) is 22.8 Å². The van der Waals surface area contributed by atoms with Crippen LogP contribution in [0.15, 0.2) is 83.3 Å². The fourth-order valence-corrected chi connectivity index (χ4v) is 6.57. The van der Waals surface area contributed by atoms with E-state index < -0.39 is 52.6 Å². The van der Waals surface area contributed by atoms with E-state index in [4.69, 9.17) is 9.15 Å². The number of amides is 1. The van der Waals surface area contributed by atoms with Crippen LogP contribution in [-0.4, -0.2) is 44.8 Å². The second-order valence-corrected chi connectivity index (χ2v) is 13.6. The van der Waals surface area contributed by atoms with Crippen LogP contribution >= 0.6 is 0 Å². The summed E-state index contributed by atoms with van der Waals surface area (Å²) in [5.74, 6) is 0.109. The van der Waals surface area contributed by atoms with Crippen molar-refractivity contribution < 1.29 is 50.0 Å². The van der Waals surface area contributed by atoms with Crippen molar-refractivity contribution >= 4 is 45.2 Å². The third kappa shape index (κ3) is 7.14. The largest absolute Gasteiger partial charge is 0.489 e. The zero-order valence-corrected chi connectivity index (χ0v) is 26.9. The lowest BCUT2D eigenvalue weighted by atomic mass is 9.76. The molecule has 1 amide bonds. The summed E-state index contributed by atoms with van der Waals surface area (Å²) in [7, 11) is -5.03. The number of hydrogen-bond donors (Lipinski definition) is 3. The highest BCUT2D eigenvalue weighted by molar-refractivity contribution is 7.92. The lowest BCUT2D eigenvalue weighted by Crippen LogP contribution is -2.37. The molecule has 0 unspecified atom stereocenters. The summed E-state index contributed by atoms with van der Waals surface area (Å²) in [4.78, 5) is 13.3. The molecule has 1 fully saturated rings. The van der Waals surface area contributed by atoms with E-state index in [1.54, 1.807) is 30.3 Å². The Morgan fingerprint density at radius 1 is 1.00 bits per heavy atom. The van der Waals surface area contributed by atoms with Gasteiger partial charge < -0.3 is 24.5 Å². The van der Waals surface area contributed by atoms with Crippen molar-refractivity contribution in [1.29, 1.82) is 0 Å². The molecule has 1 aliphatic rings. The molecule has 6 rings (SSSR count). The monoisotopic (exact) mass is 696 g/mol. The van der Waals surface area contributed by atoms with E-state index >= 15 is 0 Å². The Balaban J connectivity index is 1.44. The number of carbonyl (C=O) groups excluding carboxylic acids is 1. The number of fused-ring (bicyclic) bond motifs is 1. The van der Waals surface area contributed by atoms with Gasteiger partial charge in [-0.25, -0.2) is 12.8 Å². The van der Waals surface area contributed by atoms with Crippen molar-refractivity contribution in [3.05, 3.63) is 107 Å². The minimum absolute atomic E-state index is 0.0434. The van der Waals surface area contributed by atoms with Gasteiger partial charge in [0.15, 0.2) is 0 Å². The summed E-state index contributed by atoms with van der Waals surface area (Å²) in [6, 6.07) is 18.1. The Morgan fingerprint density at radius 3 is 2.18 bits per heavy atom. The molecule has 1 aromatic heterocycles. The molecule has 15 heteroatoms. The summed E-state index contributed by atoms with van der Waals surface area (Å²) < 4.78 is 94.2. The third-order valence-electron chi connectivity index (χ3n) is 8.17. The van der Waals surface area contributed by atoms with Gasteiger partial charge in [-0.1, -0.05) is 12.1 Å². The molecule has 0 saturated heterocycles. The second kappa shape index (κ2) is 12.9. The summed E-state index contributed by atoms with van der Waals surface area (Å²) in [5, 5.41) is 22.0. The summed E-state index contributed by atoms with van der Waals surface area (Å²) in [6.45, 7) is -0.500. The zero-order valence-electron chi connectivity index (χ0n) is 26.1. The van der Waals surface area contributed by atoms with Crippen LogP contribution in [0.4, 0.5) is 23.2 Å². The average Bonchev–Trinajstić information content (AvgIpc) is 3.83. The maximum absolute atomic E-state index is 13.8. The number of rotatable bonds is 10. The van der Waals surface area contributed by atoms with Crippen molar-refractivity contribution in [3.63, 3.8) is 0 Å². The fourth-order valence-electron chi connectivity index (χ4n) is 5.67. The van der Waals surface area contributed by atoms with Gasteiger partial charge in [-0.2, -0.15) is 13.2 Å². The number of sulfonamides is 1. The molecule has 0 radical (unpaired) electrons. The van der Waals surface area contributed by atoms with E-state index in [0.29, 0.717) is 34.1 Å². The predicted octanol–water partition coefficient (Wildman–Crippen LogP) is 5.93. The maximum atomic E-state index is 13.8. The van der Waals surface area contributed by atoms with Gasteiger partial charge in [0, 0.05) is 24.1 Å². The molecule has 254 valence electrons. The number of halogens is 4. The highest BCUT2D eigenvalue weighted by Gasteiger charge is 2.37. The zero-order chi connectivity index (χ0) is 35.2. The van der Waals surface area contributed by atoms with Crippen LogP contribution in [0.1, 0.15) is 45.8 Å². The molecule has 1 heterocycles. The van der Waals surface area contributed by atoms with E-state index in [-0.39, 0.29) is 34.1 Å². The van der Waals surface area contributed by atoms with Gasteiger partial charge in [0.25, 0.3) is 5.91 Å². The minimum Gasteiger partial charge on any atom is -0.457 e. The first-order chi connectivity index (χ1) is 23.1. The Morgan fingerprint density at radius 2 is 1.63 bits per heavy atom. The van der Waals surface area contributed by atoms with Gasteiger partial charge in [-0.3, -0.25) is 9.10 Å². The van der Waals surface area contributed by atoms with Gasteiger partial charge in [0.05, 0.1) is 29.6 Å². The Labute approximate surface area is 278 Å². The number of anilines is 1. The number of hydrogen-bond acceptors (Lipinski definition) is 7. The van der Waals surface area contributed by atoms with Crippen LogP contribution in [0, 0.1) is 5.82 Å². The molecule has 0 aliphatic heterocycles. The van der Waals surface area contributed by atoms with Crippen molar-refractivity contribution in [2.45, 2.75) is 31.5 Å². The Kier molecular flexibility index (Phi) is 8.94. The lowest BCUT2D eigenvalue weighted by Gasteiger charge is -2.26. The molecule has 49 heavy (non-hydrogen) atoms.